The zero-order valence-corrected chi connectivity index (χ0v) is 14.7. The summed E-state index contributed by atoms with van der Waals surface area (Å²) in [5.41, 5.74) is 2.69. The molecule has 0 atom stereocenters. The fourth-order valence-corrected chi connectivity index (χ4v) is 3.91. The molecule has 0 saturated carbocycles. The molecule has 24 heavy (non-hydrogen) atoms. The Morgan fingerprint density at radius 1 is 0.958 bits per heavy atom. The molecule has 0 heterocycles. The Labute approximate surface area is 143 Å². The van der Waals surface area contributed by atoms with Crippen LogP contribution < -0.4 is 10.0 Å². The number of hydrogen-bond donors (Lipinski definition) is 2. The molecule has 130 valence electrons. The summed E-state index contributed by atoms with van der Waals surface area (Å²) in [6.45, 7) is 4.73. The molecule has 4 nitrogen and oxygen atoms in total. The minimum atomic E-state index is -3.36. The molecular weight excluding hydrogens is 327 g/mol. The predicted octanol–water partition coefficient (Wildman–Crippen LogP) is 2.94. The van der Waals surface area contributed by atoms with Gasteiger partial charge in [0.15, 0.2) is 0 Å². The largest absolute Gasteiger partial charge is 0.309 e. The molecule has 0 fully saturated rings. The lowest BCUT2D eigenvalue weighted by Crippen LogP contribution is -2.31. The maximum Gasteiger partial charge on any atom is 0.216 e. The van der Waals surface area contributed by atoms with E-state index in [1.54, 1.807) is 26.0 Å². The SMILES string of the molecule is CC(C)NS(=O)(=O)Cc1ccccc1CNCc1ccc(F)cc1. The Morgan fingerprint density at radius 2 is 1.58 bits per heavy atom. The number of halogens is 1. The zero-order chi connectivity index (χ0) is 17.6. The van der Waals surface area contributed by atoms with E-state index in [4.69, 9.17) is 0 Å². The zero-order valence-electron chi connectivity index (χ0n) is 13.9. The predicted molar refractivity (Wildman–Crippen MR) is 94.3 cm³/mol. The van der Waals surface area contributed by atoms with Crippen molar-refractivity contribution in [2.75, 3.05) is 0 Å². The van der Waals surface area contributed by atoms with Crippen LogP contribution in [-0.2, 0) is 28.9 Å². The first-order valence-corrected chi connectivity index (χ1v) is 9.53. The number of hydrogen-bond acceptors (Lipinski definition) is 3. The van der Waals surface area contributed by atoms with E-state index in [2.05, 4.69) is 10.0 Å². The number of benzene rings is 2. The Balaban J connectivity index is 1.99. The molecule has 2 rings (SSSR count). The van der Waals surface area contributed by atoms with Crippen molar-refractivity contribution in [3.05, 3.63) is 71.0 Å². The van der Waals surface area contributed by atoms with Crippen molar-refractivity contribution in [3.63, 3.8) is 0 Å². The highest BCUT2D eigenvalue weighted by atomic mass is 32.2. The van der Waals surface area contributed by atoms with Crippen molar-refractivity contribution in [2.24, 2.45) is 0 Å². The van der Waals surface area contributed by atoms with E-state index in [-0.39, 0.29) is 17.6 Å². The maximum atomic E-state index is 12.9. The normalized spacial score (nSPS) is 11.8. The third kappa shape index (κ3) is 6.03. The van der Waals surface area contributed by atoms with Gasteiger partial charge >= 0.3 is 0 Å². The molecule has 0 aliphatic rings. The standard InChI is InChI=1S/C18H23FN2O2S/c1-14(2)21-24(22,23)13-17-6-4-3-5-16(17)12-20-11-15-7-9-18(19)10-8-15/h3-10,14,20-21H,11-13H2,1-2H3. The maximum absolute atomic E-state index is 12.9. The first-order valence-electron chi connectivity index (χ1n) is 7.87. The summed E-state index contributed by atoms with van der Waals surface area (Å²) in [4.78, 5) is 0. The van der Waals surface area contributed by atoms with Crippen LogP contribution in [0.4, 0.5) is 4.39 Å². The minimum Gasteiger partial charge on any atom is -0.309 e. The van der Waals surface area contributed by atoms with Gasteiger partial charge in [0.25, 0.3) is 0 Å². The van der Waals surface area contributed by atoms with E-state index in [1.807, 2.05) is 24.3 Å². The van der Waals surface area contributed by atoms with Crippen molar-refractivity contribution in [1.29, 1.82) is 0 Å². The Kier molecular flexibility index (Phi) is 6.48. The van der Waals surface area contributed by atoms with Crippen molar-refractivity contribution in [1.82, 2.24) is 10.0 Å². The van der Waals surface area contributed by atoms with Crippen LogP contribution in [-0.4, -0.2) is 14.5 Å². The molecule has 0 aliphatic heterocycles. The summed E-state index contributed by atoms with van der Waals surface area (Å²) in [5, 5.41) is 3.27. The highest BCUT2D eigenvalue weighted by molar-refractivity contribution is 7.88. The molecule has 6 heteroatoms. The van der Waals surface area contributed by atoms with Crippen LogP contribution in [0.5, 0.6) is 0 Å². The number of sulfonamides is 1. The summed E-state index contributed by atoms with van der Waals surface area (Å²) in [7, 11) is -3.36. The van der Waals surface area contributed by atoms with Crippen LogP contribution in [0, 0.1) is 5.82 Å². The summed E-state index contributed by atoms with van der Waals surface area (Å²) in [5.74, 6) is -0.300. The lowest BCUT2D eigenvalue weighted by atomic mass is 10.1. The third-order valence-corrected chi connectivity index (χ3v) is 4.96. The molecule has 0 bridgehead atoms. The summed E-state index contributed by atoms with van der Waals surface area (Å²) in [6, 6.07) is 13.6. The van der Waals surface area contributed by atoms with Crippen molar-refractivity contribution in [2.45, 2.75) is 38.7 Å². The topological polar surface area (TPSA) is 58.2 Å². The number of rotatable bonds is 8. The minimum absolute atomic E-state index is 0.0421. The fraction of sp³-hybridized carbons (Fsp3) is 0.333. The molecule has 0 unspecified atom stereocenters. The molecule has 0 aliphatic carbocycles. The first kappa shape index (κ1) is 18.6. The van der Waals surface area contributed by atoms with Gasteiger partial charge in [-0.1, -0.05) is 36.4 Å². The quantitative estimate of drug-likeness (QED) is 0.770. The molecule has 2 N–H and O–H groups in total. The van der Waals surface area contributed by atoms with Crippen LogP contribution in [0.25, 0.3) is 0 Å². The summed E-state index contributed by atoms with van der Waals surface area (Å²) < 4.78 is 39.7. The smallest absolute Gasteiger partial charge is 0.216 e. The molecule has 0 amide bonds. The molecule has 0 aromatic heterocycles. The highest BCUT2D eigenvalue weighted by Crippen LogP contribution is 2.13. The van der Waals surface area contributed by atoms with Gasteiger partial charge in [-0.2, -0.15) is 0 Å². The van der Waals surface area contributed by atoms with Gasteiger partial charge in [-0.15, -0.1) is 0 Å². The number of nitrogens with one attached hydrogen (secondary N) is 2. The average molecular weight is 350 g/mol. The second-order valence-corrected chi connectivity index (χ2v) is 7.78. The van der Waals surface area contributed by atoms with Gasteiger partial charge in [-0.05, 0) is 42.7 Å². The Hall–Kier alpha value is -1.76. The molecular formula is C18H23FN2O2S. The summed E-state index contributed by atoms with van der Waals surface area (Å²) in [6.07, 6.45) is 0. The van der Waals surface area contributed by atoms with Gasteiger partial charge in [0, 0.05) is 19.1 Å². The van der Waals surface area contributed by atoms with Crippen LogP contribution in [0.15, 0.2) is 48.5 Å². The Bertz CT molecular complexity index is 759. The first-order chi connectivity index (χ1) is 11.4. The van der Waals surface area contributed by atoms with E-state index >= 15 is 0 Å². The van der Waals surface area contributed by atoms with Gasteiger partial charge in [-0.3, -0.25) is 0 Å². The average Bonchev–Trinajstić information content (AvgIpc) is 2.49. The van der Waals surface area contributed by atoms with E-state index < -0.39 is 10.0 Å². The molecule has 0 spiro atoms. The lowest BCUT2D eigenvalue weighted by Gasteiger charge is -2.13. The van der Waals surface area contributed by atoms with Crippen LogP contribution in [0.3, 0.4) is 0 Å². The van der Waals surface area contributed by atoms with E-state index in [0.29, 0.717) is 13.1 Å². The van der Waals surface area contributed by atoms with Crippen LogP contribution in [0.2, 0.25) is 0 Å². The molecule has 2 aromatic carbocycles. The van der Waals surface area contributed by atoms with E-state index in [1.165, 1.54) is 12.1 Å². The third-order valence-electron chi connectivity index (χ3n) is 3.44. The molecule has 0 radical (unpaired) electrons. The van der Waals surface area contributed by atoms with E-state index in [9.17, 15) is 12.8 Å². The highest BCUT2D eigenvalue weighted by Gasteiger charge is 2.15. The monoisotopic (exact) mass is 350 g/mol. The molecule has 2 aromatic rings. The van der Waals surface area contributed by atoms with Crippen molar-refractivity contribution < 1.29 is 12.8 Å². The van der Waals surface area contributed by atoms with Crippen molar-refractivity contribution in [3.8, 4) is 0 Å². The van der Waals surface area contributed by atoms with E-state index in [0.717, 1.165) is 16.7 Å². The van der Waals surface area contributed by atoms with Gasteiger partial charge in [0.2, 0.25) is 10.0 Å². The molecule has 0 saturated heterocycles. The fourth-order valence-electron chi connectivity index (χ4n) is 2.42. The second-order valence-electron chi connectivity index (χ2n) is 6.03. The van der Waals surface area contributed by atoms with Crippen molar-refractivity contribution >= 4 is 10.0 Å². The van der Waals surface area contributed by atoms with Crippen LogP contribution in [0.1, 0.15) is 30.5 Å². The van der Waals surface area contributed by atoms with Gasteiger partial charge in [0.1, 0.15) is 5.82 Å². The Morgan fingerprint density at radius 3 is 2.21 bits per heavy atom. The lowest BCUT2D eigenvalue weighted by molar-refractivity contribution is 0.568. The van der Waals surface area contributed by atoms with Gasteiger partial charge in [-0.25, -0.2) is 17.5 Å². The second kappa shape index (κ2) is 8.37. The van der Waals surface area contributed by atoms with Crippen LogP contribution >= 0.6 is 0 Å². The van der Waals surface area contributed by atoms with Gasteiger partial charge < -0.3 is 5.32 Å². The van der Waals surface area contributed by atoms with Gasteiger partial charge in [0.05, 0.1) is 5.75 Å². The summed E-state index contributed by atoms with van der Waals surface area (Å²) >= 11 is 0.